The van der Waals surface area contributed by atoms with Crippen molar-refractivity contribution in [2.24, 2.45) is 0 Å². The summed E-state index contributed by atoms with van der Waals surface area (Å²) >= 11 is 1.53. The summed E-state index contributed by atoms with van der Waals surface area (Å²) in [6.45, 7) is 0.730. The maximum Gasteiger partial charge on any atom is 0.168 e. The van der Waals surface area contributed by atoms with Crippen LogP contribution in [0.4, 0.5) is 0 Å². The van der Waals surface area contributed by atoms with Gasteiger partial charge in [0.05, 0.1) is 11.4 Å². The van der Waals surface area contributed by atoms with Crippen LogP contribution in [0.2, 0.25) is 0 Å². The minimum absolute atomic E-state index is 0.173. The maximum atomic E-state index is 11.7. The predicted octanol–water partition coefficient (Wildman–Crippen LogP) is 1.82. The summed E-state index contributed by atoms with van der Waals surface area (Å²) in [6.07, 6.45) is 5.06. The van der Waals surface area contributed by atoms with Crippen LogP contribution in [0.1, 0.15) is 24.3 Å². The molecule has 76 valence electrons. The molecule has 3 nitrogen and oxygen atoms in total. The maximum absolute atomic E-state index is 11.7. The Morgan fingerprint density at radius 2 is 2.57 bits per heavy atom. The first-order valence-electron chi connectivity index (χ1n) is 4.89. The van der Waals surface area contributed by atoms with Crippen molar-refractivity contribution in [3.63, 3.8) is 0 Å². The van der Waals surface area contributed by atoms with Gasteiger partial charge in [-0.25, -0.2) is 4.98 Å². The normalized spacial score (nSPS) is 22.1. The van der Waals surface area contributed by atoms with Gasteiger partial charge in [-0.15, -0.1) is 11.3 Å². The Kier molecular flexibility index (Phi) is 3.26. The molecule has 0 aliphatic carbocycles. The molecule has 2 heterocycles. The number of rotatable bonds is 3. The summed E-state index contributed by atoms with van der Waals surface area (Å²) in [6, 6.07) is 0. The molecule has 0 spiro atoms. The SMILES string of the molecule is O=C(Cc1nccs1)C1CCCCO1. The van der Waals surface area contributed by atoms with E-state index in [0.717, 1.165) is 30.9 Å². The van der Waals surface area contributed by atoms with Crippen molar-refractivity contribution in [1.29, 1.82) is 0 Å². The van der Waals surface area contributed by atoms with Gasteiger partial charge < -0.3 is 4.74 Å². The second kappa shape index (κ2) is 4.66. The summed E-state index contributed by atoms with van der Waals surface area (Å²) in [5.41, 5.74) is 0. The van der Waals surface area contributed by atoms with Crippen LogP contribution in [0, 0.1) is 0 Å². The number of ether oxygens (including phenoxy) is 1. The van der Waals surface area contributed by atoms with Gasteiger partial charge in [0, 0.05) is 18.2 Å². The minimum Gasteiger partial charge on any atom is -0.370 e. The molecule has 1 saturated heterocycles. The summed E-state index contributed by atoms with van der Waals surface area (Å²) in [7, 11) is 0. The van der Waals surface area contributed by atoms with Crippen LogP contribution < -0.4 is 0 Å². The number of hydrogen-bond donors (Lipinski definition) is 0. The number of thiazole rings is 1. The third-order valence-electron chi connectivity index (χ3n) is 2.35. The monoisotopic (exact) mass is 211 g/mol. The average Bonchev–Trinajstić information content (AvgIpc) is 2.72. The molecule has 0 N–H and O–H groups in total. The fourth-order valence-corrected chi connectivity index (χ4v) is 2.22. The Labute approximate surface area is 87.1 Å². The van der Waals surface area contributed by atoms with E-state index in [1.165, 1.54) is 11.3 Å². The number of aromatic nitrogens is 1. The van der Waals surface area contributed by atoms with E-state index >= 15 is 0 Å². The van der Waals surface area contributed by atoms with Crippen molar-refractivity contribution in [2.75, 3.05) is 6.61 Å². The highest BCUT2D eigenvalue weighted by molar-refractivity contribution is 7.09. The smallest absolute Gasteiger partial charge is 0.168 e. The third-order valence-corrected chi connectivity index (χ3v) is 3.13. The van der Waals surface area contributed by atoms with Crippen LogP contribution in [0.3, 0.4) is 0 Å². The zero-order valence-electron chi connectivity index (χ0n) is 7.94. The van der Waals surface area contributed by atoms with E-state index in [9.17, 15) is 4.79 Å². The molecule has 1 fully saturated rings. The van der Waals surface area contributed by atoms with Gasteiger partial charge in [-0.05, 0) is 19.3 Å². The molecule has 1 atom stereocenters. The molecule has 1 aliphatic heterocycles. The highest BCUT2D eigenvalue weighted by atomic mass is 32.1. The molecule has 1 aromatic rings. The topological polar surface area (TPSA) is 39.2 Å². The first kappa shape index (κ1) is 9.80. The molecule has 0 amide bonds. The zero-order valence-corrected chi connectivity index (χ0v) is 8.76. The second-order valence-electron chi connectivity index (χ2n) is 3.42. The molecule has 2 rings (SSSR count). The van der Waals surface area contributed by atoms with Crippen LogP contribution in [0.5, 0.6) is 0 Å². The molecular formula is C10H13NO2S. The van der Waals surface area contributed by atoms with Crippen molar-refractivity contribution in [3.8, 4) is 0 Å². The number of Topliss-reactive ketones (excluding diaryl/α,β-unsaturated/α-hetero) is 1. The molecular weight excluding hydrogens is 198 g/mol. The van der Waals surface area contributed by atoms with Crippen LogP contribution in [-0.2, 0) is 16.0 Å². The Morgan fingerprint density at radius 3 is 3.21 bits per heavy atom. The summed E-state index contributed by atoms with van der Waals surface area (Å²) in [4.78, 5) is 15.8. The van der Waals surface area contributed by atoms with Crippen molar-refractivity contribution in [3.05, 3.63) is 16.6 Å². The average molecular weight is 211 g/mol. The zero-order chi connectivity index (χ0) is 9.80. The Hall–Kier alpha value is -0.740. The van der Waals surface area contributed by atoms with E-state index in [1.54, 1.807) is 6.20 Å². The van der Waals surface area contributed by atoms with Crippen LogP contribution in [0.25, 0.3) is 0 Å². The van der Waals surface area contributed by atoms with Crippen molar-refractivity contribution in [1.82, 2.24) is 4.98 Å². The number of nitrogens with zero attached hydrogens (tertiary/aromatic N) is 1. The quantitative estimate of drug-likeness (QED) is 0.765. The third kappa shape index (κ3) is 2.39. The van der Waals surface area contributed by atoms with Crippen molar-refractivity contribution < 1.29 is 9.53 Å². The Balaban J connectivity index is 1.88. The Bertz CT molecular complexity index is 291. The first-order chi connectivity index (χ1) is 6.86. The summed E-state index contributed by atoms with van der Waals surface area (Å²) in [5.74, 6) is 0.180. The molecule has 0 aromatic carbocycles. The molecule has 4 heteroatoms. The van der Waals surface area contributed by atoms with E-state index < -0.39 is 0 Å². The van der Waals surface area contributed by atoms with Crippen LogP contribution >= 0.6 is 11.3 Å². The van der Waals surface area contributed by atoms with Gasteiger partial charge in [0.25, 0.3) is 0 Å². The largest absolute Gasteiger partial charge is 0.370 e. The summed E-state index contributed by atoms with van der Waals surface area (Å²) in [5, 5.41) is 2.79. The molecule has 1 aliphatic rings. The molecule has 14 heavy (non-hydrogen) atoms. The summed E-state index contributed by atoms with van der Waals surface area (Å²) < 4.78 is 5.42. The molecule has 0 radical (unpaired) electrons. The fraction of sp³-hybridized carbons (Fsp3) is 0.600. The highest BCUT2D eigenvalue weighted by Gasteiger charge is 2.22. The van der Waals surface area contributed by atoms with Gasteiger partial charge in [0.1, 0.15) is 6.10 Å². The van der Waals surface area contributed by atoms with E-state index in [0.29, 0.717) is 6.42 Å². The predicted molar refractivity (Wildman–Crippen MR) is 54.4 cm³/mol. The molecule has 0 saturated carbocycles. The van der Waals surface area contributed by atoms with Gasteiger partial charge in [-0.1, -0.05) is 0 Å². The van der Waals surface area contributed by atoms with E-state index in [1.807, 2.05) is 5.38 Å². The van der Waals surface area contributed by atoms with Crippen LogP contribution in [0.15, 0.2) is 11.6 Å². The first-order valence-corrected chi connectivity index (χ1v) is 5.77. The number of hydrogen-bond acceptors (Lipinski definition) is 4. The lowest BCUT2D eigenvalue weighted by molar-refractivity contribution is -0.132. The second-order valence-corrected chi connectivity index (χ2v) is 4.40. The van der Waals surface area contributed by atoms with Gasteiger partial charge in [-0.3, -0.25) is 4.79 Å². The standard InChI is InChI=1S/C10H13NO2S/c12-8(7-10-11-4-6-14-10)9-3-1-2-5-13-9/h4,6,9H,1-3,5,7H2. The van der Waals surface area contributed by atoms with Crippen molar-refractivity contribution in [2.45, 2.75) is 31.8 Å². The minimum atomic E-state index is -0.173. The van der Waals surface area contributed by atoms with E-state index in [-0.39, 0.29) is 11.9 Å². The number of carbonyl (C=O) groups excluding carboxylic acids is 1. The van der Waals surface area contributed by atoms with Gasteiger partial charge in [0.2, 0.25) is 0 Å². The van der Waals surface area contributed by atoms with Crippen LogP contribution in [-0.4, -0.2) is 23.5 Å². The van der Waals surface area contributed by atoms with Crippen molar-refractivity contribution >= 4 is 17.1 Å². The number of carbonyl (C=O) groups is 1. The lowest BCUT2D eigenvalue weighted by Crippen LogP contribution is -2.29. The van der Waals surface area contributed by atoms with E-state index in [4.69, 9.17) is 4.74 Å². The highest BCUT2D eigenvalue weighted by Crippen LogP contribution is 2.16. The fourth-order valence-electron chi connectivity index (χ4n) is 1.60. The van der Waals surface area contributed by atoms with Gasteiger partial charge >= 0.3 is 0 Å². The Morgan fingerprint density at radius 1 is 1.64 bits per heavy atom. The molecule has 0 bridgehead atoms. The van der Waals surface area contributed by atoms with Gasteiger partial charge in [0.15, 0.2) is 5.78 Å². The van der Waals surface area contributed by atoms with E-state index in [2.05, 4.69) is 4.98 Å². The molecule has 1 unspecified atom stereocenters. The number of ketones is 1. The lowest BCUT2D eigenvalue weighted by Gasteiger charge is -2.20. The lowest BCUT2D eigenvalue weighted by atomic mass is 10.0. The molecule has 1 aromatic heterocycles. The van der Waals surface area contributed by atoms with Gasteiger partial charge in [-0.2, -0.15) is 0 Å².